The van der Waals surface area contributed by atoms with E-state index in [2.05, 4.69) is 15.1 Å². The Morgan fingerprint density at radius 2 is 1.87 bits per heavy atom. The number of ether oxygens (including phenoxy) is 1. The highest BCUT2D eigenvalue weighted by molar-refractivity contribution is 6.31. The van der Waals surface area contributed by atoms with Gasteiger partial charge in [0.15, 0.2) is 5.75 Å². The van der Waals surface area contributed by atoms with Gasteiger partial charge in [0.25, 0.3) is 0 Å². The Hall–Kier alpha value is -3.10. The van der Waals surface area contributed by atoms with E-state index in [-0.39, 0.29) is 18.5 Å². The van der Waals surface area contributed by atoms with E-state index in [1.54, 1.807) is 0 Å². The number of rotatable bonds is 2. The van der Waals surface area contributed by atoms with Crippen molar-refractivity contribution in [2.24, 2.45) is 4.99 Å². The summed E-state index contributed by atoms with van der Waals surface area (Å²) in [7, 11) is 0. The average Bonchev–Trinajstić information content (AvgIpc) is 3.13. The summed E-state index contributed by atoms with van der Waals surface area (Å²) in [5, 5.41) is 3.29. The number of carbonyl (C=O) groups is 2. The fourth-order valence-corrected chi connectivity index (χ4v) is 4.21. The molecule has 5 rings (SSSR count). The van der Waals surface area contributed by atoms with Gasteiger partial charge in [-0.05, 0) is 30.3 Å². The van der Waals surface area contributed by atoms with Crippen molar-refractivity contribution >= 4 is 35.1 Å². The first-order valence-corrected chi connectivity index (χ1v) is 10.7. The Balaban J connectivity index is 1.34. The first-order chi connectivity index (χ1) is 15.1. The van der Waals surface area contributed by atoms with Gasteiger partial charge in [-0.15, -0.1) is 0 Å². The minimum atomic E-state index is -0.302. The SMILES string of the molecule is O=C(CN1CCN(C2=Nc3ccccc3Oc3ccc(Cl)cc32)CC1)N1CCNC1=O. The highest BCUT2D eigenvalue weighted by Gasteiger charge is 2.30. The first-order valence-electron chi connectivity index (χ1n) is 10.3. The van der Waals surface area contributed by atoms with Crippen LogP contribution in [0.5, 0.6) is 11.5 Å². The lowest BCUT2D eigenvalue weighted by atomic mass is 10.1. The molecule has 0 bridgehead atoms. The summed E-state index contributed by atoms with van der Waals surface area (Å²) in [4.78, 5) is 34.6. The molecule has 0 aromatic heterocycles. The fourth-order valence-electron chi connectivity index (χ4n) is 4.04. The summed E-state index contributed by atoms with van der Waals surface area (Å²) < 4.78 is 6.12. The Labute approximate surface area is 185 Å². The van der Waals surface area contributed by atoms with E-state index >= 15 is 0 Å². The monoisotopic (exact) mass is 439 g/mol. The van der Waals surface area contributed by atoms with Crippen LogP contribution in [0.2, 0.25) is 5.02 Å². The van der Waals surface area contributed by atoms with Gasteiger partial charge in [0.2, 0.25) is 5.91 Å². The third-order valence-electron chi connectivity index (χ3n) is 5.68. The zero-order valence-corrected chi connectivity index (χ0v) is 17.6. The lowest BCUT2D eigenvalue weighted by molar-refractivity contribution is -0.129. The van der Waals surface area contributed by atoms with Gasteiger partial charge in [-0.2, -0.15) is 0 Å². The summed E-state index contributed by atoms with van der Waals surface area (Å²) >= 11 is 6.29. The molecule has 0 saturated carbocycles. The quantitative estimate of drug-likeness (QED) is 0.778. The molecule has 8 nitrogen and oxygen atoms in total. The van der Waals surface area contributed by atoms with E-state index < -0.39 is 0 Å². The molecule has 2 aromatic rings. The van der Waals surface area contributed by atoms with Gasteiger partial charge < -0.3 is 15.0 Å². The van der Waals surface area contributed by atoms with Crippen molar-refractivity contribution in [2.75, 3.05) is 45.8 Å². The second kappa shape index (κ2) is 8.20. The molecule has 1 N–H and O–H groups in total. The number of halogens is 1. The highest BCUT2D eigenvalue weighted by Crippen LogP contribution is 2.38. The highest BCUT2D eigenvalue weighted by atomic mass is 35.5. The van der Waals surface area contributed by atoms with Crippen molar-refractivity contribution < 1.29 is 14.3 Å². The average molecular weight is 440 g/mol. The lowest BCUT2D eigenvalue weighted by Gasteiger charge is -2.36. The zero-order chi connectivity index (χ0) is 21.4. The lowest BCUT2D eigenvalue weighted by Crippen LogP contribution is -2.52. The van der Waals surface area contributed by atoms with Gasteiger partial charge in [-0.3, -0.25) is 14.6 Å². The molecule has 2 fully saturated rings. The number of nitrogens with zero attached hydrogens (tertiary/aromatic N) is 4. The van der Waals surface area contributed by atoms with Crippen LogP contribution in [-0.2, 0) is 4.79 Å². The Morgan fingerprint density at radius 3 is 2.65 bits per heavy atom. The van der Waals surface area contributed by atoms with Crippen molar-refractivity contribution in [1.29, 1.82) is 0 Å². The van der Waals surface area contributed by atoms with Gasteiger partial charge in [0.05, 0.1) is 12.1 Å². The normalized spacial score (nSPS) is 18.5. The molecule has 0 spiro atoms. The van der Waals surface area contributed by atoms with Crippen LogP contribution < -0.4 is 10.1 Å². The van der Waals surface area contributed by atoms with Crippen molar-refractivity contribution in [3.63, 3.8) is 0 Å². The van der Waals surface area contributed by atoms with Crippen LogP contribution in [0.1, 0.15) is 5.56 Å². The second-order valence-corrected chi connectivity index (χ2v) is 8.12. The number of urea groups is 1. The number of carbonyl (C=O) groups excluding carboxylic acids is 2. The molecular weight excluding hydrogens is 418 g/mol. The Bertz CT molecular complexity index is 1060. The number of amides is 3. The van der Waals surface area contributed by atoms with Gasteiger partial charge in [0.1, 0.15) is 17.3 Å². The number of amidine groups is 1. The smallest absolute Gasteiger partial charge is 0.324 e. The molecule has 3 aliphatic rings. The molecule has 0 atom stereocenters. The minimum Gasteiger partial charge on any atom is -0.454 e. The number of imide groups is 1. The molecule has 160 valence electrons. The number of nitrogens with one attached hydrogen (secondary N) is 1. The molecular formula is C22H22ClN5O3. The number of fused-ring (bicyclic) bond motifs is 2. The Kier molecular flexibility index (Phi) is 5.25. The molecule has 2 aromatic carbocycles. The minimum absolute atomic E-state index is 0.158. The number of aliphatic imine (C=N–C) groups is 1. The maximum atomic E-state index is 12.4. The maximum Gasteiger partial charge on any atom is 0.324 e. The number of hydrogen-bond donors (Lipinski definition) is 1. The van der Waals surface area contributed by atoms with Crippen LogP contribution in [0.3, 0.4) is 0 Å². The molecule has 3 aliphatic heterocycles. The predicted octanol–water partition coefficient (Wildman–Crippen LogP) is 2.69. The molecule has 31 heavy (non-hydrogen) atoms. The van der Waals surface area contributed by atoms with E-state index in [1.165, 1.54) is 4.90 Å². The van der Waals surface area contributed by atoms with E-state index in [0.29, 0.717) is 55.8 Å². The van der Waals surface area contributed by atoms with Crippen LogP contribution >= 0.6 is 11.6 Å². The van der Waals surface area contributed by atoms with Gasteiger partial charge in [-0.25, -0.2) is 9.79 Å². The van der Waals surface area contributed by atoms with Crippen LogP contribution in [0.25, 0.3) is 0 Å². The number of benzene rings is 2. The molecule has 2 saturated heterocycles. The molecule has 0 aliphatic carbocycles. The molecule has 9 heteroatoms. The van der Waals surface area contributed by atoms with E-state index in [4.69, 9.17) is 21.3 Å². The third-order valence-corrected chi connectivity index (χ3v) is 5.92. The zero-order valence-electron chi connectivity index (χ0n) is 16.9. The number of piperazine rings is 1. The standard InChI is InChI=1S/C22H22ClN5O3/c23-15-5-6-18-16(13-15)21(25-17-3-1-2-4-19(17)31-18)27-11-9-26(10-12-27)14-20(29)28-8-7-24-22(28)30/h1-6,13H,7-12,14H2,(H,24,30). The van der Waals surface area contributed by atoms with Crippen molar-refractivity contribution in [2.45, 2.75) is 0 Å². The summed E-state index contributed by atoms with van der Waals surface area (Å²) in [5.74, 6) is 2.07. The first kappa shape index (κ1) is 19.8. The van der Waals surface area contributed by atoms with Crippen LogP contribution in [0, 0.1) is 0 Å². The maximum absolute atomic E-state index is 12.4. The number of para-hydroxylation sites is 2. The summed E-state index contributed by atoms with van der Waals surface area (Å²) in [5.41, 5.74) is 1.62. The van der Waals surface area contributed by atoms with Gasteiger partial charge >= 0.3 is 6.03 Å². The topological polar surface area (TPSA) is 77.5 Å². The third kappa shape index (κ3) is 3.96. The molecule has 3 amide bonds. The molecule has 0 unspecified atom stereocenters. The second-order valence-electron chi connectivity index (χ2n) is 7.69. The van der Waals surface area contributed by atoms with E-state index in [9.17, 15) is 9.59 Å². The van der Waals surface area contributed by atoms with Crippen molar-refractivity contribution in [3.05, 3.63) is 53.1 Å². The van der Waals surface area contributed by atoms with Crippen LogP contribution in [0.15, 0.2) is 47.5 Å². The van der Waals surface area contributed by atoms with Crippen LogP contribution in [0.4, 0.5) is 10.5 Å². The molecule has 3 heterocycles. The summed E-state index contributed by atoms with van der Waals surface area (Å²) in [6.45, 7) is 3.98. The van der Waals surface area contributed by atoms with E-state index in [1.807, 2.05) is 42.5 Å². The summed E-state index contributed by atoms with van der Waals surface area (Å²) in [6, 6.07) is 12.9. The van der Waals surface area contributed by atoms with Gasteiger partial charge in [-0.1, -0.05) is 23.7 Å². The summed E-state index contributed by atoms with van der Waals surface area (Å²) in [6.07, 6.45) is 0. The van der Waals surface area contributed by atoms with Gasteiger partial charge in [0, 0.05) is 44.3 Å². The van der Waals surface area contributed by atoms with Crippen molar-refractivity contribution in [3.8, 4) is 11.5 Å². The number of hydrogen-bond acceptors (Lipinski definition) is 6. The van der Waals surface area contributed by atoms with Crippen LogP contribution in [-0.4, -0.2) is 78.3 Å². The Morgan fingerprint density at radius 1 is 1.06 bits per heavy atom. The largest absolute Gasteiger partial charge is 0.454 e. The fraction of sp³-hybridized carbons (Fsp3) is 0.318. The van der Waals surface area contributed by atoms with Crippen molar-refractivity contribution in [1.82, 2.24) is 20.0 Å². The van der Waals surface area contributed by atoms with E-state index in [0.717, 1.165) is 17.1 Å². The predicted molar refractivity (Wildman–Crippen MR) is 117 cm³/mol. The molecule has 0 radical (unpaired) electrons.